The fourth-order valence-electron chi connectivity index (χ4n) is 1.34. The van der Waals surface area contributed by atoms with E-state index in [1.165, 1.54) is 6.92 Å². The number of carboxylic acid groups (broad SMARTS) is 1. The largest absolute Gasteiger partial charge is 0.481 e. The molecule has 0 bridgehead atoms. The molecule has 92 valence electrons. The number of carboxylic acids is 1. The average Bonchev–Trinajstić information content (AvgIpc) is 2.28. The number of aliphatic carboxylic acids is 1. The van der Waals surface area contributed by atoms with Crippen LogP contribution in [0.1, 0.15) is 29.8 Å². The highest BCUT2D eigenvalue weighted by molar-refractivity contribution is 5.91. The predicted octanol–water partition coefficient (Wildman–Crippen LogP) is 2.26. The molecule has 0 aliphatic rings. The van der Waals surface area contributed by atoms with Crippen LogP contribution in [0.4, 0.5) is 0 Å². The summed E-state index contributed by atoms with van der Waals surface area (Å²) in [5, 5.41) is 8.80. The average molecular weight is 236 g/mol. The normalized spacial score (nSPS) is 13.8. The van der Waals surface area contributed by atoms with Gasteiger partial charge in [0.05, 0.1) is 11.5 Å². The molecule has 0 radical (unpaired) electrons. The second kappa shape index (κ2) is 5.48. The number of hydrogen-bond donors (Lipinski definition) is 1. The first-order chi connectivity index (χ1) is 7.93. The maximum Gasteiger partial charge on any atom is 0.338 e. The molecule has 1 rings (SSSR count). The predicted molar refractivity (Wildman–Crippen MR) is 62.9 cm³/mol. The third-order valence-corrected chi connectivity index (χ3v) is 2.75. The summed E-state index contributed by atoms with van der Waals surface area (Å²) in [7, 11) is 0. The molecule has 0 spiro atoms. The van der Waals surface area contributed by atoms with E-state index < -0.39 is 24.0 Å². The highest BCUT2D eigenvalue weighted by Gasteiger charge is 2.23. The molecule has 0 aliphatic heterocycles. The van der Waals surface area contributed by atoms with E-state index in [4.69, 9.17) is 9.84 Å². The second-order valence-corrected chi connectivity index (χ2v) is 4.05. The maximum atomic E-state index is 11.8. The van der Waals surface area contributed by atoms with Crippen LogP contribution in [-0.2, 0) is 9.53 Å². The van der Waals surface area contributed by atoms with Crippen molar-refractivity contribution in [1.82, 2.24) is 0 Å². The lowest BCUT2D eigenvalue weighted by Crippen LogP contribution is -2.28. The fraction of sp³-hybridized carbons (Fsp3) is 0.385. The van der Waals surface area contributed by atoms with Gasteiger partial charge in [0, 0.05) is 0 Å². The van der Waals surface area contributed by atoms with E-state index in [1.54, 1.807) is 19.1 Å². The molecular formula is C13H16O4. The number of benzene rings is 1. The number of esters is 1. The minimum Gasteiger partial charge on any atom is -0.481 e. The lowest BCUT2D eigenvalue weighted by atomic mass is 10.1. The number of carbonyl (C=O) groups is 2. The van der Waals surface area contributed by atoms with Crippen molar-refractivity contribution in [2.24, 2.45) is 5.92 Å². The van der Waals surface area contributed by atoms with Crippen molar-refractivity contribution in [2.45, 2.75) is 26.9 Å². The van der Waals surface area contributed by atoms with Crippen molar-refractivity contribution in [3.05, 3.63) is 35.4 Å². The molecule has 0 amide bonds. The monoisotopic (exact) mass is 236 g/mol. The molecule has 0 aromatic heterocycles. The van der Waals surface area contributed by atoms with Gasteiger partial charge in [-0.15, -0.1) is 0 Å². The van der Waals surface area contributed by atoms with Crippen molar-refractivity contribution in [1.29, 1.82) is 0 Å². The Hall–Kier alpha value is -1.84. The van der Waals surface area contributed by atoms with Crippen LogP contribution in [0.15, 0.2) is 24.3 Å². The number of carbonyl (C=O) groups excluding carboxylic acids is 1. The summed E-state index contributed by atoms with van der Waals surface area (Å²) in [5.41, 5.74) is 1.28. The van der Waals surface area contributed by atoms with E-state index in [0.717, 1.165) is 5.56 Å². The summed E-state index contributed by atoms with van der Waals surface area (Å²) in [4.78, 5) is 22.5. The van der Waals surface area contributed by atoms with Gasteiger partial charge >= 0.3 is 11.9 Å². The summed E-state index contributed by atoms with van der Waals surface area (Å²) in [6.45, 7) is 4.90. The Kier molecular flexibility index (Phi) is 4.26. The van der Waals surface area contributed by atoms with Gasteiger partial charge in [0.2, 0.25) is 0 Å². The summed E-state index contributed by atoms with van der Waals surface area (Å²) in [6.07, 6.45) is -0.653. The number of aryl methyl sites for hydroxylation is 1. The van der Waals surface area contributed by atoms with Crippen molar-refractivity contribution >= 4 is 11.9 Å². The van der Waals surface area contributed by atoms with E-state index in [9.17, 15) is 9.59 Å². The Labute approximate surface area is 100 Å². The van der Waals surface area contributed by atoms with Crippen LogP contribution in [-0.4, -0.2) is 23.1 Å². The van der Waals surface area contributed by atoms with Crippen LogP contribution in [0.5, 0.6) is 0 Å². The quantitative estimate of drug-likeness (QED) is 0.814. The topological polar surface area (TPSA) is 63.6 Å². The molecule has 2 atom stereocenters. The maximum absolute atomic E-state index is 11.8. The van der Waals surface area contributed by atoms with E-state index in [2.05, 4.69) is 0 Å². The van der Waals surface area contributed by atoms with Crippen molar-refractivity contribution in [3.8, 4) is 0 Å². The Morgan fingerprint density at radius 2 is 1.82 bits per heavy atom. The summed E-state index contributed by atoms with van der Waals surface area (Å²) < 4.78 is 5.12. The first-order valence-electron chi connectivity index (χ1n) is 5.43. The zero-order valence-corrected chi connectivity index (χ0v) is 10.1. The number of hydrogen-bond acceptors (Lipinski definition) is 3. The molecule has 0 aliphatic carbocycles. The Balaban J connectivity index is 2.74. The van der Waals surface area contributed by atoms with E-state index >= 15 is 0 Å². The van der Waals surface area contributed by atoms with E-state index in [-0.39, 0.29) is 0 Å². The van der Waals surface area contributed by atoms with Gasteiger partial charge < -0.3 is 9.84 Å². The molecule has 1 aromatic rings. The molecule has 1 aromatic carbocycles. The van der Waals surface area contributed by atoms with Crippen LogP contribution in [0.25, 0.3) is 0 Å². The molecule has 4 heteroatoms. The summed E-state index contributed by atoms with van der Waals surface area (Å²) in [6, 6.07) is 7.04. The highest BCUT2D eigenvalue weighted by atomic mass is 16.5. The van der Waals surface area contributed by atoms with Crippen LogP contribution >= 0.6 is 0 Å². The first kappa shape index (κ1) is 13.2. The van der Waals surface area contributed by atoms with Gasteiger partial charge in [0.1, 0.15) is 6.10 Å². The van der Waals surface area contributed by atoms with Crippen LogP contribution < -0.4 is 0 Å². The van der Waals surface area contributed by atoms with E-state index in [0.29, 0.717) is 5.56 Å². The van der Waals surface area contributed by atoms with Crippen LogP contribution in [0.3, 0.4) is 0 Å². The first-order valence-corrected chi connectivity index (χ1v) is 5.43. The Morgan fingerprint density at radius 3 is 2.35 bits per heavy atom. The molecule has 4 nitrogen and oxygen atoms in total. The minimum absolute atomic E-state index is 0.469. The second-order valence-electron chi connectivity index (χ2n) is 4.05. The van der Waals surface area contributed by atoms with Gasteiger partial charge in [-0.3, -0.25) is 4.79 Å². The van der Waals surface area contributed by atoms with E-state index in [1.807, 2.05) is 19.1 Å². The lowest BCUT2D eigenvalue weighted by Gasteiger charge is -2.17. The molecule has 1 N–H and O–H groups in total. The number of rotatable bonds is 4. The van der Waals surface area contributed by atoms with Crippen molar-refractivity contribution < 1.29 is 19.4 Å². The van der Waals surface area contributed by atoms with Crippen LogP contribution in [0.2, 0.25) is 0 Å². The number of ether oxygens (including phenoxy) is 1. The molecular weight excluding hydrogens is 220 g/mol. The SMILES string of the molecule is Cc1ccccc1C(=O)OC(C)C(C)C(=O)O. The third-order valence-electron chi connectivity index (χ3n) is 2.75. The van der Waals surface area contributed by atoms with Crippen LogP contribution in [0, 0.1) is 12.8 Å². The Morgan fingerprint density at radius 1 is 1.24 bits per heavy atom. The standard InChI is InChI=1S/C13H16O4/c1-8-6-4-5-7-11(8)13(16)17-10(3)9(2)12(14)15/h4-7,9-10H,1-3H3,(H,14,15). The minimum atomic E-state index is -0.977. The Bertz CT molecular complexity index is 425. The summed E-state index contributed by atoms with van der Waals surface area (Å²) >= 11 is 0. The molecule has 0 saturated carbocycles. The lowest BCUT2D eigenvalue weighted by molar-refractivity contribution is -0.144. The molecule has 0 fully saturated rings. The van der Waals surface area contributed by atoms with Gasteiger partial charge in [0.15, 0.2) is 0 Å². The fourth-order valence-corrected chi connectivity index (χ4v) is 1.34. The molecule has 0 heterocycles. The zero-order chi connectivity index (χ0) is 13.0. The van der Waals surface area contributed by atoms with Gasteiger partial charge in [0.25, 0.3) is 0 Å². The molecule has 2 unspecified atom stereocenters. The molecule has 0 saturated heterocycles. The zero-order valence-electron chi connectivity index (χ0n) is 10.1. The summed E-state index contributed by atoms with van der Waals surface area (Å²) in [5.74, 6) is -2.18. The highest BCUT2D eigenvalue weighted by Crippen LogP contribution is 2.13. The van der Waals surface area contributed by atoms with Crippen molar-refractivity contribution in [2.75, 3.05) is 0 Å². The third kappa shape index (κ3) is 3.31. The van der Waals surface area contributed by atoms with Gasteiger partial charge in [-0.25, -0.2) is 4.79 Å². The smallest absolute Gasteiger partial charge is 0.338 e. The molecule has 17 heavy (non-hydrogen) atoms. The van der Waals surface area contributed by atoms with Gasteiger partial charge in [-0.1, -0.05) is 18.2 Å². The van der Waals surface area contributed by atoms with Crippen molar-refractivity contribution in [3.63, 3.8) is 0 Å². The van der Waals surface area contributed by atoms with Gasteiger partial charge in [-0.05, 0) is 32.4 Å². The van der Waals surface area contributed by atoms with Gasteiger partial charge in [-0.2, -0.15) is 0 Å².